The lowest BCUT2D eigenvalue weighted by molar-refractivity contribution is 0.587. The molecule has 1 aromatic heterocycles. The first-order valence-electron chi connectivity index (χ1n) is 9.21. The summed E-state index contributed by atoms with van der Waals surface area (Å²) in [4.78, 5) is 11.9. The number of hydrogen-bond donors (Lipinski definition) is 0. The summed E-state index contributed by atoms with van der Waals surface area (Å²) in [5, 5.41) is 1.91. The van der Waals surface area contributed by atoms with Crippen LogP contribution in [-0.2, 0) is 6.42 Å². The van der Waals surface area contributed by atoms with Gasteiger partial charge in [0, 0.05) is 23.5 Å². The molecular formula is C23H16F3N3S. The van der Waals surface area contributed by atoms with E-state index in [0.717, 1.165) is 37.0 Å². The molecule has 0 unspecified atom stereocenters. The lowest BCUT2D eigenvalue weighted by Gasteiger charge is -2.04. The molecule has 1 heterocycles. The zero-order chi connectivity index (χ0) is 21.5. The topological polar surface area (TPSA) is 38.1 Å². The second-order valence-corrected chi connectivity index (χ2v) is 6.64. The molecule has 3 aromatic rings. The number of thiocarbonyl (C=S) groups is 1. The van der Waals surface area contributed by atoms with E-state index in [0.29, 0.717) is 11.4 Å². The summed E-state index contributed by atoms with van der Waals surface area (Å²) >= 11 is 4.36. The van der Waals surface area contributed by atoms with Crippen LogP contribution in [0.4, 0.5) is 18.9 Å². The maximum Gasteiger partial charge on any atom is 0.159 e. The number of aliphatic imine (C=N–C) groups is 1. The number of benzene rings is 2. The normalized spacial score (nSPS) is 10.1. The lowest BCUT2D eigenvalue weighted by atomic mass is 10.1. The van der Waals surface area contributed by atoms with Crippen molar-refractivity contribution in [2.24, 2.45) is 4.99 Å². The molecule has 0 atom stereocenters. The van der Waals surface area contributed by atoms with Gasteiger partial charge in [-0.25, -0.2) is 23.1 Å². The highest BCUT2D eigenvalue weighted by molar-refractivity contribution is 7.78. The van der Waals surface area contributed by atoms with Crippen molar-refractivity contribution in [2.75, 3.05) is 0 Å². The molecule has 0 aliphatic rings. The molecule has 7 heteroatoms. The number of aromatic nitrogens is 2. The molecule has 0 amide bonds. The minimum Gasteiger partial charge on any atom is -0.236 e. The van der Waals surface area contributed by atoms with E-state index in [-0.39, 0.29) is 11.1 Å². The second kappa shape index (κ2) is 9.93. The van der Waals surface area contributed by atoms with Gasteiger partial charge in [-0.05, 0) is 61.0 Å². The van der Waals surface area contributed by atoms with Gasteiger partial charge in [-0.15, -0.1) is 0 Å². The minimum atomic E-state index is -0.924. The van der Waals surface area contributed by atoms with Crippen molar-refractivity contribution in [1.29, 1.82) is 0 Å². The molecule has 30 heavy (non-hydrogen) atoms. The largest absolute Gasteiger partial charge is 0.236 e. The Morgan fingerprint density at radius 1 is 0.967 bits per heavy atom. The quantitative estimate of drug-likeness (QED) is 0.285. The number of isothiocyanates is 1. The Balaban J connectivity index is 1.83. The summed E-state index contributed by atoms with van der Waals surface area (Å²) in [6.07, 6.45) is 6.52. The molecule has 0 fully saturated rings. The van der Waals surface area contributed by atoms with Gasteiger partial charge in [-0.1, -0.05) is 25.2 Å². The zero-order valence-electron chi connectivity index (χ0n) is 16.0. The van der Waals surface area contributed by atoms with Gasteiger partial charge >= 0.3 is 0 Å². The van der Waals surface area contributed by atoms with Crippen LogP contribution in [0, 0.1) is 29.3 Å². The van der Waals surface area contributed by atoms with E-state index in [1.807, 2.05) is 5.16 Å². The molecule has 3 rings (SSSR count). The van der Waals surface area contributed by atoms with E-state index in [1.165, 1.54) is 12.1 Å². The van der Waals surface area contributed by atoms with Crippen LogP contribution in [0.15, 0.2) is 47.7 Å². The fraction of sp³-hybridized carbons (Fsp3) is 0.174. The van der Waals surface area contributed by atoms with E-state index in [9.17, 15) is 13.2 Å². The number of halogens is 3. The summed E-state index contributed by atoms with van der Waals surface area (Å²) in [6.45, 7) is 2.11. The average Bonchev–Trinajstić information content (AvgIpc) is 2.74. The van der Waals surface area contributed by atoms with Crippen molar-refractivity contribution in [3.05, 3.63) is 76.9 Å². The molecular weight excluding hydrogens is 407 g/mol. The first-order valence-corrected chi connectivity index (χ1v) is 9.62. The molecule has 0 saturated carbocycles. The van der Waals surface area contributed by atoms with Crippen molar-refractivity contribution >= 4 is 23.1 Å². The Morgan fingerprint density at radius 3 is 2.27 bits per heavy atom. The molecule has 0 aliphatic carbocycles. The first kappa shape index (κ1) is 21.4. The number of aryl methyl sites for hydroxylation is 1. The maximum atomic E-state index is 14.5. The van der Waals surface area contributed by atoms with Crippen LogP contribution in [-0.4, -0.2) is 15.1 Å². The molecule has 0 N–H and O–H groups in total. The fourth-order valence-electron chi connectivity index (χ4n) is 2.70. The summed E-state index contributed by atoms with van der Waals surface area (Å²) in [5.41, 5.74) is 1.14. The average molecular weight is 423 g/mol. The first-order chi connectivity index (χ1) is 14.5. The van der Waals surface area contributed by atoms with Gasteiger partial charge in [0.15, 0.2) is 17.5 Å². The Morgan fingerprint density at radius 2 is 1.67 bits per heavy atom. The van der Waals surface area contributed by atoms with Gasteiger partial charge in [0.25, 0.3) is 0 Å². The standard InChI is InChI=1S/C23H16F3N3S/c1-2-3-4-16-12-27-23(28-13-16)18-8-7-17(19(24)11-18)6-5-15-9-20(25)22(29-14-30)21(26)10-15/h7-13H,2-4H2,1H3. The highest BCUT2D eigenvalue weighted by Gasteiger charge is 2.10. The third-order valence-electron chi connectivity index (χ3n) is 4.27. The van der Waals surface area contributed by atoms with E-state index >= 15 is 0 Å². The van der Waals surface area contributed by atoms with Crippen molar-refractivity contribution < 1.29 is 13.2 Å². The summed E-state index contributed by atoms with van der Waals surface area (Å²) in [6, 6.07) is 6.41. The Hall–Kier alpha value is -3.33. The van der Waals surface area contributed by atoms with Gasteiger partial charge in [0.2, 0.25) is 0 Å². The SMILES string of the molecule is CCCCc1cnc(-c2ccc(C#Cc3cc(F)c(N=C=S)c(F)c3)c(F)c2)nc1. The molecule has 0 aliphatic heterocycles. The molecule has 2 aromatic carbocycles. The monoisotopic (exact) mass is 423 g/mol. The van der Waals surface area contributed by atoms with Gasteiger partial charge < -0.3 is 0 Å². The van der Waals surface area contributed by atoms with Crippen molar-refractivity contribution in [2.45, 2.75) is 26.2 Å². The summed E-state index contributed by atoms with van der Waals surface area (Å²) in [5.74, 6) is 3.11. The van der Waals surface area contributed by atoms with E-state index in [2.05, 4.69) is 45.9 Å². The number of unbranched alkanes of at least 4 members (excludes halogenated alkanes) is 1. The molecule has 3 nitrogen and oxygen atoms in total. The highest BCUT2D eigenvalue weighted by atomic mass is 32.1. The number of rotatable bonds is 5. The molecule has 0 radical (unpaired) electrons. The fourth-order valence-corrected chi connectivity index (χ4v) is 2.79. The number of hydrogen-bond acceptors (Lipinski definition) is 4. The number of nitrogens with zero attached hydrogens (tertiary/aromatic N) is 3. The Kier molecular flexibility index (Phi) is 7.08. The molecule has 0 spiro atoms. The van der Waals surface area contributed by atoms with Gasteiger partial charge in [0.1, 0.15) is 11.5 Å². The third kappa shape index (κ3) is 5.18. The van der Waals surface area contributed by atoms with Crippen molar-refractivity contribution in [1.82, 2.24) is 9.97 Å². The predicted octanol–water partition coefficient (Wildman–Crippen LogP) is 6.04. The van der Waals surface area contributed by atoms with Crippen LogP contribution in [0.2, 0.25) is 0 Å². The predicted molar refractivity (Wildman–Crippen MR) is 113 cm³/mol. The van der Waals surface area contributed by atoms with Crippen molar-refractivity contribution in [3.8, 4) is 23.2 Å². The minimum absolute atomic E-state index is 0.0443. The Labute approximate surface area is 177 Å². The maximum absolute atomic E-state index is 14.5. The van der Waals surface area contributed by atoms with Crippen LogP contribution < -0.4 is 0 Å². The van der Waals surface area contributed by atoms with Crippen LogP contribution in [0.5, 0.6) is 0 Å². The van der Waals surface area contributed by atoms with Gasteiger partial charge in [0.05, 0.1) is 10.7 Å². The van der Waals surface area contributed by atoms with Crippen LogP contribution in [0.25, 0.3) is 11.4 Å². The van der Waals surface area contributed by atoms with Crippen molar-refractivity contribution in [3.63, 3.8) is 0 Å². The van der Waals surface area contributed by atoms with Gasteiger partial charge in [-0.2, -0.15) is 4.99 Å². The van der Waals surface area contributed by atoms with E-state index < -0.39 is 23.1 Å². The summed E-state index contributed by atoms with van der Waals surface area (Å²) < 4.78 is 42.2. The Bertz CT molecular complexity index is 1150. The second-order valence-electron chi connectivity index (χ2n) is 6.45. The highest BCUT2D eigenvalue weighted by Crippen LogP contribution is 2.23. The third-order valence-corrected chi connectivity index (χ3v) is 4.36. The van der Waals surface area contributed by atoms with Gasteiger partial charge in [-0.3, -0.25) is 0 Å². The molecule has 150 valence electrons. The zero-order valence-corrected chi connectivity index (χ0v) is 16.9. The lowest BCUT2D eigenvalue weighted by Crippen LogP contribution is -1.94. The van der Waals surface area contributed by atoms with Crippen LogP contribution >= 0.6 is 12.2 Å². The van der Waals surface area contributed by atoms with E-state index in [1.54, 1.807) is 18.5 Å². The molecule has 0 bridgehead atoms. The smallest absolute Gasteiger partial charge is 0.159 e. The van der Waals surface area contributed by atoms with Crippen LogP contribution in [0.3, 0.4) is 0 Å². The van der Waals surface area contributed by atoms with E-state index in [4.69, 9.17) is 0 Å². The summed E-state index contributed by atoms with van der Waals surface area (Å²) in [7, 11) is 0. The van der Waals surface area contributed by atoms with Crippen LogP contribution in [0.1, 0.15) is 36.5 Å². The molecule has 0 saturated heterocycles.